The summed E-state index contributed by atoms with van der Waals surface area (Å²) in [6, 6.07) is 13.6. The first kappa shape index (κ1) is 28.4. The topological polar surface area (TPSA) is 94.1 Å². The van der Waals surface area contributed by atoms with Gasteiger partial charge in [0.1, 0.15) is 11.6 Å². The highest BCUT2D eigenvalue weighted by atomic mass is 35.5. The standard InChI is InChI=1S/C27H30FN5O2S.ClH/c1-4-22(32(14-8-13-29)26(34)20-12-11-17(2)21(28)15-20)24-30-25-23(18(3)31-36-25)27(35)33(24)16-19-9-6-5-7-10-19;/h5-7,9-12,15,22H,4,8,13-14,16,29H2,1-3H3;1H. The van der Waals surface area contributed by atoms with E-state index in [0.717, 1.165) is 5.56 Å². The van der Waals surface area contributed by atoms with Crippen LogP contribution in [0, 0.1) is 19.7 Å². The fourth-order valence-electron chi connectivity index (χ4n) is 4.35. The number of aromatic nitrogens is 3. The Morgan fingerprint density at radius 2 is 1.95 bits per heavy atom. The van der Waals surface area contributed by atoms with Crippen molar-refractivity contribution < 1.29 is 23.0 Å². The minimum atomic E-state index is -0.517. The van der Waals surface area contributed by atoms with Gasteiger partial charge in [-0.15, -0.1) is 0 Å². The largest absolute Gasteiger partial charge is 1.00 e. The van der Waals surface area contributed by atoms with E-state index >= 15 is 0 Å². The van der Waals surface area contributed by atoms with Gasteiger partial charge in [0.25, 0.3) is 11.5 Å². The molecule has 2 heterocycles. The van der Waals surface area contributed by atoms with E-state index in [2.05, 4.69) is 4.37 Å². The molecule has 1 atom stereocenters. The van der Waals surface area contributed by atoms with E-state index in [-0.39, 0.29) is 30.9 Å². The molecule has 4 aromatic rings. The zero-order valence-corrected chi connectivity index (χ0v) is 22.7. The van der Waals surface area contributed by atoms with Gasteiger partial charge in [-0.25, -0.2) is 9.37 Å². The lowest BCUT2D eigenvalue weighted by atomic mass is 10.1. The molecule has 2 aromatic carbocycles. The first-order valence-electron chi connectivity index (χ1n) is 12.0. The van der Waals surface area contributed by atoms with Gasteiger partial charge in [0.2, 0.25) is 0 Å². The zero-order chi connectivity index (χ0) is 25.8. The molecule has 2 N–H and O–H groups in total. The molecule has 0 aliphatic rings. The van der Waals surface area contributed by atoms with Crippen molar-refractivity contribution in [1.82, 2.24) is 18.8 Å². The van der Waals surface area contributed by atoms with Crippen LogP contribution < -0.4 is 23.7 Å². The summed E-state index contributed by atoms with van der Waals surface area (Å²) in [6.45, 7) is 6.45. The molecule has 0 fully saturated rings. The Balaban J connectivity index is 0.00000253. The predicted molar refractivity (Wildman–Crippen MR) is 142 cm³/mol. The van der Waals surface area contributed by atoms with Crippen LogP contribution in [0.4, 0.5) is 4.39 Å². The molecule has 10 heteroatoms. The highest BCUT2D eigenvalue weighted by molar-refractivity contribution is 7.12. The number of fused-ring (bicyclic) bond motifs is 1. The van der Waals surface area contributed by atoms with E-state index in [1.54, 1.807) is 35.4 Å². The monoisotopic (exact) mass is 543 g/mol. The van der Waals surface area contributed by atoms with Crippen LogP contribution in [-0.4, -0.2) is 37.8 Å². The summed E-state index contributed by atoms with van der Waals surface area (Å²) < 4.78 is 20.3. The Kier molecular flexibility index (Phi) is 9.53. The molecule has 4 rings (SSSR count). The van der Waals surface area contributed by atoms with E-state index in [9.17, 15) is 14.0 Å². The first-order valence-corrected chi connectivity index (χ1v) is 12.8. The summed E-state index contributed by atoms with van der Waals surface area (Å²) in [5.74, 6) is -0.274. The molecule has 1 amide bonds. The lowest BCUT2D eigenvalue weighted by molar-refractivity contribution is -0.0000189. The van der Waals surface area contributed by atoms with E-state index in [1.165, 1.54) is 17.6 Å². The van der Waals surface area contributed by atoms with Crippen molar-refractivity contribution in [2.75, 3.05) is 13.1 Å². The van der Waals surface area contributed by atoms with Crippen molar-refractivity contribution in [2.24, 2.45) is 5.73 Å². The number of halogens is 2. The van der Waals surface area contributed by atoms with Crippen molar-refractivity contribution in [2.45, 2.75) is 46.2 Å². The van der Waals surface area contributed by atoms with Crippen LogP contribution in [0.5, 0.6) is 0 Å². The summed E-state index contributed by atoms with van der Waals surface area (Å²) in [5, 5.41) is 0.495. The van der Waals surface area contributed by atoms with Gasteiger partial charge in [0, 0.05) is 12.1 Å². The second kappa shape index (κ2) is 12.4. The Morgan fingerprint density at radius 3 is 2.59 bits per heavy atom. The zero-order valence-electron chi connectivity index (χ0n) is 22.1. The van der Waals surface area contributed by atoms with Gasteiger partial charge in [-0.3, -0.25) is 14.2 Å². The minimum Gasteiger partial charge on any atom is -1.00 e. The number of nitrogens with zero attached hydrogens (tertiary/aromatic N) is 4. The Bertz CT molecular complexity index is 1450. The van der Waals surface area contributed by atoms with Gasteiger partial charge in [-0.05, 0) is 68.0 Å². The van der Waals surface area contributed by atoms with E-state index in [1.807, 2.05) is 37.3 Å². The fraction of sp³-hybridized carbons (Fsp3) is 0.333. The summed E-state index contributed by atoms with van der Waals surface area (Å²) in [7, 11) is 0. The number of benzene rings is 2. The fourth-order valence-corrected chi connectivity index (χ4v) is 5.13. The van der Waals surface area contributed by atoms with Crippen molar-refractivity contribution >= 4 is 27.7 Å². The Morgan fingerprint density at radius 1 is 1.22 bits per heavy atom. The third-order valence-corrected chi connectivity index (χ3v) is 7.16. The second-order valence-electron chi connectivity index (χ2n) is 8.82. The van der Waals surface area contributed by atoms with Crippen molar-refractivity contribution in [3.05, 3.63) is 92.9 Å². The molecule has 0 aliphatic heterocycles. The lowest BCUT2D eigenvalue weighted by Gasteiger charge is -2.32. The molecular formula is C27H31ClFN5O2S. The van der Waals surface area contributed by atoms with Gasteiger partial charge in [0.05, 0.1) is 23.7 Å². The number of hydrogen-bond acceptors (Lipinski definition) is 6. The molecule has 0 spiro atoms. The van der Waals surface area contributed by atoms with Gasteiger partial charge >= 0.3 is 1.43 Å². The third kappa shape index (κ3) is 5.89. The van der Waals surface area contributed by atoms with Crippen LogP contribution in [0.25, 0.3) is 10.2 Å². The minimum absolute atomic E-state index is 0. The Hall–Kier alpha value is -3.14. The summed E-state index contributed by atoms with van der Waals surface area (Å²) in [5.41, 5.74) is 7.91. The smallest absolute Gasteiger partial charge is 1.00 e. The molecule has 2 aromatic heterocycles. The average Bonchev–Trinajstić information content (AvgIpc) is 3.26. The van der Waals surface area contributed by atoms with Crippen LogP contribution in [0.15, 0.2) is 53.3 Å². The SMILES string of the molecule is CCC(c1nc2snc(C)c2c(=O)n1Cc1ccccc1)N(CCCN)C(=O)c1ccc(C)c(F)c1.[Cl-].[H+]. The van der Waals surface area contributed by atoms with Crippen LogP contribution in [0.1, 0.15) is 60.2 Å². The van der Waals surface area contributed by atoms with E-state index in [0.29, 0.717) is 59.8 Å². The molecule has 1 unspecified atom stereocenters. The third-order valence-electron chi connectivity index (χ3n) is 6.32. The number of aryl methyl sites for hydroxylation is 2. The highest BCUT2D eigenvalue weighted by Gasteiger charge is 2.30. The van der Waals surface area contributed by atoms with Crippen molar-refractivity contribution in [3.63, 3.8) is 0 Å². The van der Waals surface area contributed by atoms with Gasteiger partial charge in [-0.1, -0.05) is 43.3 Å². The number of hydrogen-bond donors (Lipinski definition) is 1. The molecule has 196 valence electrons. The maximum absolute atomic E-state index is 14.3. The number of carbonyl (C=O) groups excluding carboxylic acids is 1. The van der Waals surface area contributed by atoms with E-state index in [4.69, 9.17) is 10.7 Å². The van der Waals surface area contributed by atoms with Crippen LogP contribution in [0.2, 0.25) is 0 Å². The molecule has 0 saturated heterocycles. The second-order valence-corrected chi connectivity index (χ2v) is 9.58. The molecule has 0 aliphatic carbocycles. The normalized spacial score (nSPS) is 11.8. The number of carbonyl (C=O) groups is 1. The van der Waals surface area contributed by atoms with Crippen molar-refractivity contribution in [1.29, 1.82) is 0 Å². The quantitative estimate of drug-likeness (QED) is 0.347. The Labute approximate surface area is 227 Å². The summed E-state index contributed by atoms with van der Waals surface area (Å²) in [4.78, 5) is 34.5. The highest BCUT2D eigenvalue weighted by Crippen LogP contribution is 2.28. The van der Waals surface area contributed by atoms with Crippen LogP contribution in [-0.2, 0) is 6.54 Å². The number of rotatable bonds is 9. The molecule has 7 nitrogen and oxygen atoms in total. The maximum atomic E-state index is 14.3. The molecule has 0 radical (unpaired) electrons. The molecule has 0 saturated carbocycles. The molecule has 37 heavy (non-hydrogen) atoms. The maximum Gasteiger partial charge on any atom is 1.00 e. The van der Waals surface area contributed by atoms with Crippen LogP contribution in [0.3, 0.4) is 0 Å². The number of amides is 1. The van der Waals surface area contributed by atoms with Gasteiger partial charge < -0.3 is 23.0 Å². The van der Waals surface area contributed by atoms with Crippen molar-refractivity contribution in [3.8, 4) is 0 Å². The lowest BCUT2D eigenvalue weighted by Crippen LogP contribution is -3.00. The molecular weight excluding hydrogens is 513 g/mol. The molecule has 0 bridgehead atoms. The predicted octanol–water partition coefficient (Wildman–Crippen LogP) is 1.72. The van der Waals surface area contributed by atoms with Gasteiger partial charge in [0.15, 0.2) is 4.83 Å². The summed E-state index contributed by atoms with van der Waals surface area (Å²) >= 11 is 1.18. The summed E-state index contributed by atoms with van der Waals surface area (Å²) in [6.07, 6.45) is 1.07. The number of nitrogens with two attached hydrogens (primary N) is 1. The van der Waals surface area contributed by atoms with Crippen LogP contribution >= 0.6 is 11.5 Å². The van der Waals surface area contributed by atoms with E-state index < -0.39 is 11.9 Å². The first-order chi connectivity index (χ1) is 17.3. The average molecular weight is 544 g/mol. The van der Waals surface area contributed by atoms with Gasteiger partial charge in [-0.2, -0.15) is 4.37 Å².